The second kappa shape index (κ2) is 3.34. The Kier molecular flexibility index (Phi) is 2.39. The molecule has 1 fully saturated rings. The average Bonchev–Trinajstić information content (AvgIpc) is 2.95. The average molecular weight is 254 g/mol. The van der Waals surface area contributed by atoms with Crippen LogP contribution in [0, 0.1) is 17.8 Å². The molecule has 6 heteroatoms. The zero-order chi connectivity index (χ0) is 12.9. The zero-order valence-corrected chi connectivity index (χ0v) is 10.3. The van der Waals surface area contributed by atoms with E-state index in [4.69, 9.17) is 5.73 Å². The smallest absolute Gasteiger partial charge is 0.267 e. The molecule has 5 nitrogen and oxygen atoms in total. The predicted octanol–water partition coefficient (Wildman–Crippen LogP) is -0.498. The van der Waals surface area contributed by atoms with E-state index in [1.54, 1.807) is 6.92 Å². The summed E-state index contributed by atoms with van der Waals surface area (Å²) in [5, 5.41) is 0. The first-order valence-electron chi connectivity index (χ1n) is 5.26. The third-order valence-electron chi connectivity index (χ3n) is 3.37. The molecule has 0 spiro atoms. The second-order valence-corrected chi connectivity index (χ2v) is 6.93. The van der Waals surface area contributed by atoms with Crippen molar-refractivity contribution in [3.63, 3.8) is 0 Å². The van der Waals surface area contributed by atoms with Gasteiger partial charge in [0.25, 0.3) is 5.91 Å². The number of hydrogen-bond donors (Lipinski definition) is 2. The quantitative estimate of drug-likeness (QED) is 0.523. The lowest BCUT2D eigenvalue weighted by atomic mass is 9.78. The number of hydrogen-bond acceptors (Lipinski definition) is 4. The van der Waals surface area contributed by atoms with Crippen LogP contribution in [0.1, 0.15) is 19.8 Å². The van der Waals surface area contributed by atoms with Crippen molar-refractivity contribution in [3.8, 4) is 11.8 Å². The number of carbonyl (C=O) groups excluding carboxylic acids is 1. The fourth-order valence-electron chi connectivity index (χ4n) is 1.53. The lowest BCUT2D eigenvalue weighted by molar-refractivity contribution is -0.123. The second-order valence-electron chi connectivity index (χ2n) is 4.74. The van der Waals surface area contributed by atoms with E-state index in [2.05, 4.69) is 18.4 Å². The highest BCUT2D eigenvalue weighted by atomic mass is 32.2. The summed E-state index contributed by atoms with van der Waals surface area (Å²) in [6, 6.07) is 0. The molecule has 0 bridgehead atoms. The van der Waals surface area contributed by atoms with Crippen molar-refractivity contribution in [2.45, 2.75) is 30.1 Å². The first kappa shape index (κ1) is 12.1. The van der Waals surface area contributed by atoms with Gasteiger partial charge in [-0.25, -0.2) is 8.42 Å². The van der Waals surface area contributed by atoms with Gasteiger partial charge in [-0.05, 0) is 19.8 Å². The molecule has 2 aliphatic rings. The molecule has 0 aromatic rings. The van der Waals surface area contributed by atoms with E-state index in [0.29, 0.717) is 12.8 Å². The molecule has 2 rings (SSSR count). The molecule has 1 saturated carbocycles. The van der Waals surface area contributed by atoms with Gasteiger partial charge in [0.2, 0.25) is 10.0 Å². The minimum Gasteiger partial charge on any atom is -0.306 e. The summed E-state index contributed by atoms with van der Waals surface area (Å²) >= 11 is 0. The minimum absolute atomic E-state index is 0.496. The summed E-state index contributed by atoms with van der Waals surface area (Å²) in [6.45, 7) is 5.11. The highest BCUT2D eigenvalue weighted by Crippen LogP contribution is 2.42. The van der Waals surface area contributed by atoms with Gasteiger partial charge in [0, 0.05) is 0 Å². The summed E-state index contributed by atoms with van der Waals surface area (Å²) in [5.41, 5.74) is 4.29. The number of rotatable bonds is 4. The highest BCUT2D eigenvalue weighted by molar-refractivity contribution is 7.91. The Balaban J connectivity index is 2.15. The maximum atomic E-state index is 11.8. The van der Waals surface area contributed by atoms with Crippen molar-refractivity contribution in [2.75, 3.05) is 0 Å². The van der Waals surface area contributed by atoms with Gasteiger partial charge in [0.15, 0.2) is 5.54 Å². The monoisotopic (exact) mass is 254 g/mol. The van der Waals surface area contributed by atoms with Gasteiger partial charge in [-0.1, -0.05) is 17.9 Å². The Hall–Kier alpha value is -1.32. The molecule has 3 N–H and O–H groups in total. The Labute approximate surface area is 100 Å². The van der Waals surface area contributed by atoms with Gasteiger partial charge in [-0.2, -0.15) is 0 Å². The van der Waals surface area contributed by atoms with E-state index in [0.717, 1.165) is 0 Å². The maximum absolute atomic E-state index is 11.8. The Morgan fingerprint density at radius 3 is 2.53 bits per heavy atom. The summed E-state index contributed by atoms with van der Waals surface area (Å²) in [6.07, 6.45) is 2.56. The van der Waals surface area contributed by atoms with Crippen molar-refractivity contribution < 1.29 is 13.2 Å². The molecule has 92 valence electrons. The lowest BCUT2D eigenvalue weighted by Crippen LogP contribution is -2.62. The Bertz CT molecular complexity index is 551. The molecule has 0 radical (unpaired) electrons. The molecule has 0 saturated heterocycles. The third-order valence-corrected chi connectivity index (χ3v) is 5.53. The van der Waals surface area contributed by atoms with Crippen LogP contribution >= 0.6 is 0 Å². The number of amides is 1. The standard InChI is InChI=1S/C11H14N2O3S/c1-3-8-4-5-11(8,12)9(14)13-17(15,16)10(2)6-7-10/h3,8H,1,6-7,12H2,2H3,(H,13,14)/t8-,11-/m1/s1. The van der Waals surface area contributed by atoms with Crippen LogP contribution in [0.4, 0.5) is 0 Å². The predicted molar refractivity (Wildman–Crippen MR) is 63.1 cm³/mol. The Morgan fingerprint density at radius 1 is 1.59 bits per heavy atom. The van der Waals surface area contributed by atoms with Crippen molar-refractivity contribution >= 4 is 15.9 Å². The number of sulfonamides is 1. The fourth-order valence-corrected chi connectivity index (χ4v) is 2.83. The first-order valence-corrected chi connectivity index (χ1v) is 6.74. The van der Waals surface area contributed by atoms with E-state index < -0.39 is 32.1 Å². The van der Waals surface area contributed by atoms with Gasteiger partial charge in [-0.3, -0.25) is 9.52 Å². The van der Waals surface area contributed by atoms with Gasteiger partial charge < -0.3 is 5.73 Å². The van der Waals surface area contributed by atoms with Crippen LogP contribution in [0.25, 0.3) is 0 Å². The molecule has 2 atom stereocenters. The van der Waals surface area contributed by atoms with Crippen molar-refractivity contribution in [3.05, 3.63) is 12.7 Å². The van der Waals surface area contributed by atoms with Gasteiger partial charge >= 0.3 is 0 Å². The van der Waals surface area contributed by atoms with Crippen molar-refractivity contribution in [1.29, 1.82) is 0 Å². The Morgan fingerprint density at radius 2 is 2.18 bits per heavy atom. The molecule has 0 aromatic heterocycles. The summed E-state index contributed by atoms with van der Waals surface area (Å²) in [5.74, 6) is 3.89. The summed E-state index contributed by atoms with van der Waals surface area (Å²) in [7, 11) is -3.66. The van der Waals surface area contributed by atoms with E-state index in [-0.39, 0.29) is 0 Å². The molecule has 0 unspecified atom stereocenters. The summed E-state index contributed by atoms with van der Waals surface area (Å²) in [4.78, 5) is 11.8. The van der Waals surface area contributed by atoms with Crippen LogP contribution in [0.15, 0.2) is 12.7 Å². The lowest BCUT2D eigenvalue weighted by Gasteiger charge is -2.32. The fraction of sp³-hybridized carbons (Fsp3) is 0.545. The van der Waals surface area contributed by atoms with E-state index in [1.807, 2.05) is 4.72 Å². The normalized spacial score (nSPS) is 32.7. The minimum atomic E-state index is -3.66. The van der Waals surface area contributed by atoms with Crippen LogP contribution in [-0.2, 0) is 14.8 Å². The van der Waals surface area contributed by atoms with Gasteiger partial charge in [0.1, 0.15) is 0 Å². The zero-order valence-electron chi connectivity index (χ0n) is 9.49. The molecular weight excluding hydrogens is 240 g/mol. The first-order chi connectivity index (χ1) is 7.75. The van der Waals surface area contributed by atoms with Crippen LogP contribution < -0.4 is 10.5 Å². The maximum Gasteiger partial charge on any atom is 0.267 e. The van der Waals surface area contributed by atoms with Crippen LogP contribution in [0.2, 0.25) is 0 Å². The number of nitrogens with one attached hydrogen (secondary N) is 1. The molecule has 0 heterocycles. The highest BCUT2D eigenvalue weighted by Gasteiger charge is 2.53. The third kappa shape index (κ3) is 1.66. The van der Waals surface area contributed by atoms with Crippen LogP contribution in [0.5, 0.6) is 0 Å². The number of nitrogens with two attached hydrogens (primary N) is 1. The van der Waals surface area contributed by atoms with E-state index >= 15 is 0 Å². The van der Waals surface area contributed by atoms with Crippen LogP contribution in [0.3, 0.4) is 0 Å². The molecular formula is C11H14N2O3S. The number of carbonyl (C=O) groups is 1. The van der Waals surface area contributed by atoms with Gasteiger partial charge in [0.05, 0.1) is 10.7 Å². The molecule has 1 amide bonds. The topological polar surface area (TPSA) is 89.3 Å². The van der Waals surface area contributed by atoms with Gasteiger partial charge in [-0.15, -0.1) is 6.58 Å². The SMILES string of the molecule is C=C[C@@H]1C#C[C@]1(N)C(=O)NS(=O)(=O)C1(C)CC1. The van der Waals surface area contributed by atoms with Crippen molar-refractivity contribution in [1.82, 2.24) is 4.72 Å². The van der Waals surface area contributed by atoms with E-state index in [1.165, 1.54) is 6.08 Å². The summed E-state index contributed by atoms with van der Waals surface area (Å²) < 4.78 is 24.9. The van der Waals surface area contributed by atoms with E-state index in [9.17, 15) is 13.2 Å². The molecule has 0 aliphatic heterocycles. The molecule has 0 aromatic carbocycles. The molecule has 2 aliphatic carbocycles. The van der Waals surface area contributed by atoms with Crippen molar-refractivity contribution in [2.24, 2.45) is 11.7 Å². The largest absolute Gasteiger partial charge is 0.306 e. The van der Waals surface area contributed by atoms with Crippen LogP contribution in [-0.4, -0.2) is 24.6 Å². The molecule has 17 heavy (non-hydrogen) atoms.